The van der Waals surface area contributed by atoms with E-state index in [2.05, 4.69) is 48.7 Å². The van der Waals surface area contributed by atoms with Gasteiger partial charge in [0.1, 0.15) is 5.82 Å². The van der Waals surface area contributed by atoms with Gasteiger partial charge in [0.25, 0.3) is 0 Å². The van der Waals surface area contributed by atoms with E-state index in [-0.39, 0.29) is 6.04 Å². The molecule has 1 unspecified atom stereocenters. The van der Waals surface area contributed by atoms with Gasteiger partial charge in [-0.15, -0.1) is 0 Å². The zero-order valence-electron chi connectivity index (χ0n) is 13.5. The van der Waals surface area contributed by atoms with Gasteiger partial charge in [-0.05, 0) is 36.1 Å². The van der Waals surface area contributed by atoms with Crippen molar-refractivity contribution in [1.82, 2.24) is 9.55 Å². The van der Waals surface area contributed by atoms with Gasteiger partial charge in [-0.2, -0.15) is 0 Å². The van der Waals surface area contributed by atoms with E-state index in [0.29, 0.717) is 5.92 Å². The predicted octanol–water partition coefficient (Wildman–Crippen LogP) is 4.23. The van der Waals surface area contributed by atoms with E-state index in [1.54, 1.807) is 0 Å². The molecule has 0 fully saturated rings. The molecule has 0 saturated heterocycles. The Bertz CT molecular complexity index is 767. The van der Waals surface area contributed by atoms with Crippen LogP contribution in [0.15, 0.2) is 48.5 Å². The van der Waals surface area contributed by atoms with E-state index >= 15 is 0 Å². The number of rotatable bonds is 4. The van der Waals surface area contributed by atoms with Crippen molar-refractivity contribution in [2.24, 2.45) is 5.73 Å². The van der Waals surface area contributed by atoms with E-state index in [1.807, 2.05) is 25.1 Å². The number of hydrogen-bond acceptors (Lipinski definition) is 2. The molecule has 114 valence electrons. The highest BCUT2D eigenvalue weighted by Crippen LogP contribution is 2.22. The van der Waals surface area contributed by atoms with Crippen LogP contribution in [-0.4, -0.2) is 9.55 Å². The Morgan fingerprint density at radius 1 is 1.00 bits per heavy atom. The molecule has 1 aromatic heterocycles. The molecule has 0 aliphatic carbocycles. The minimum absolute atomic E-state index is 0.0812. The van der Waals surface area contributed by atoms with Crippen molar-refractivity contribution in [3.63, 3.8) is 0 Å². The molecule has 0 radical (unpaired) electrons. The molecule has 22 heavy (non-hydrogen) atoms. The summed E-state index contributed by atoms with van der Waals surface area (Å²) >= 11 is 0. The van der Waals surface area contributed by atoms with Crippen LogP contribution >= 0.6 is 0 Å². The Kier molecular flexibility index (Phi) is 3.99. The topological polar surface area (TPSA) is 43.8 Å². The van der Waals surface area contributed by atoms with E-state index in [0.717, 1.165) is 23.4 Å². The van der Waals surface area contributed by atoms with Crippen LogP contribution in [0.4, 0.5) is 0 Å². The summed E-state index contributed by atoms with van der Waals surface area (Å²) in [5, 5.41) is 0. The second-order valence-electron chi connectivity index (χ2n) is 6.23. The third-order valence-corrected chi connectivity index (χ3v) is 4.08. The van der Waals surface area contributed by atoms with Crippen LogP contribution in [0, 0.1) is 0 Å². The summed E-state index contributed by atoms with van der Waals surface area (Å²) in [7, 11) is 0. The Labute approximate surface area is 131 Å². The van der Waals surface area contributed by atoms with Gasteiger partial charge in [0, 0.05) is 6.54 Å². The largest absolute Gasteiger partial charge is 0.322 e. The average Bonchev–Trinajstić information content (AvgIpc) is 2.87. The van der Waals surface area contributed by atoms with Crippen molar-refractivity contribution < 1.29 is 0 Å². The van der Waals surface area contributed by atoms with Crippen LogP contribution in [0.1, 0.15) is 49.7 Å². The van der Waals surface area contributed by atoms with Gasteiger partial charge in [0.15, 0.2) is 0 Å². The number of imidazole rings is 1. The number of nitrogens with zero attached hydrogens (tertiary/aromatic N) is 2. The highest BCUT2D eigenvalue weighted by atomic mass is 15.1. The summed E-state index contributed by atoms with van der Waals surface area (Å²) in [5.41, 5.74) is 10.9. The quantitative estimate of drug-likeness (QED) is 0.782. The second kappa shape index (κ2) is 5.93. The number of para-hydroxylation sites is 2. The number of nitrogens with two attached hydrogens (primary N) is 1. The van der Waals surface area contributed by atoms with E-state index in [1.165, 1.54) is 11.1 Å². The summed E-state index contributed by atoms with van der Waals surface area (Å²) in [6.45, 7) is 7.22. The zero-order valence-corrected chi connectivity index (χ0v) is 13.5. The number of aromatic nitrogens is 2. The summed E-state index contributed by atoms with van der Waals surface area (Å²) in [6.07, 6.45) is 0. The Morgan fingerprint density at radius 2 is 1.68 bits per heavy atom. The summed E-state index contributed by atoms with van der Waals surface area (Å²) in [5.74, 6) is 1.50. The van der Waals surface area contributed by atoms with Crippen molar-refractivity contribution in [3.8, 4) is 0 Å². The van der Waals surface area contributed by atoms with Crippen LogP contribution in [0.5, 0.6) is 0 Å². The van der Waals surface area contributed by atoms with Crippen molar-refractivity contribution >= 4 is 11.0 Å². The van der Waals surface area contributed by atoms with Gasteiger partial charge in [0.2, 0.25) is 0 Å². The lowest BCUT2D eigenvalue weighted by Gasteiger charge is -2.12. The molecule has 3 nitrogen and oxygen atoms in total. The minimum Gasteiger partial charge on any atom is -0.322 e. The molecule has 0 bridgehead atoms. The SMILES string of the molecule is CC(C)c1ccc(Cn2c(C(C)N)nc3ccccc32)cc1. The molecule has 0 spiro atoms. The smallest absolute Gasteiger partial charge is 0.126 e. The van der Waals surface area contributed by atoms with Crippen molar-refractivity contribution in [3.05, 3.63) is 65.5 Å². The molecule has 0 aliphatic heterocycles. The highest BCUT2D eigenvalue weighted by Gasteiger charge is 2.13. The average molecular weight is 293 g/mol. The molecule has 1 atom stereocenters. The van der Waals surface area contributed by atoms with E-state index in [9.17, 15) is 0 Å². The number of benzene rings is 2. The lowest BCUT2D eigenvalue weighted by Crippen LogP contribution is -2.14. The lowest BCUT2D eigenvalue weighted by atomic mass is 10.0. The van der Waals surface area contributed by atoms with Crippen LogP contribution < -0.4 is 5.73 Å². The van der Waals surface area contributed by atoms with E-state index < -0.39 is 0 Å². The first-order valence-corrected chi connectivity index (χ1v) is 7.86. The monoisotopic (exact) mass is 293 g/mol. The molecule has 2 N–H and O–H groups in total. The van der Waals surface area contributed by atoms with Gasteiger partial charge in [0.05, 0.1) is 17.1 Å². The highest BCUT2D eigenvalue weighted by molar-refractivity contribution is 5.76. The van der Waals surface area contributed by atoms with Gasteiger partial charge < -0.3 is 10.3 Å². The minimum atomic E-state index is -0.0812. The van der Waals surface area contributed by atoms with Crippen molar-refractivity contribution in [2.75, 3.05) is 0 Å². The first-order valence-electron chi connectivity index (χ1n) is 7.86. The maximum atomic E-state index is 6.11. The maximum absolute atomic E-state index is 6.11. The van der Waals surface area contributed by atoms with Crippen LogP contribution in [0.3, 0.4) is 0 Å². The first-order chi connectivity index (χ1) is 10.6. The van der Waals surface area contributed by atoms with E-state index in [4.69, 9.17) is 10.7 Å². The lowest BCUT2D eigenvalue weighted by molar-refractivity contribution is 0.664. The molecular formula is C19H23N3. The number of hydrogen-bond donors (Lipinski definition) is 1. The third-order valence-electron chi connectivity index (χ3n) is 4.08. The molecular weight excluding hydrogens is 270 g/mol. The van der Waals surface area contributed by atoms with Crippen LogP contribution in [0.25, 0.3) is 11.0 Å². The normalized spacial score (nSPS) is 13.0. The standard InChI is InChI=1S/C19H23N3/c1-13(2)16-10-8-15(9-11-16)12-22-18-7-5-4-6-17(18)21-19(22)14(3)20/h4-11,13-14H,12,20H2,1-3H3. The van der Waals surface area contributed by atoms with Crippen LogP contribution in [0.2, 0.25) is 0 Å². The fourth-order valence-electron chi connectivity index (χ4n) is 2.80. The molecule has 2 aromatic carbocycles. The maximum Gasteiger partial charge on any atom is 0.126 e. The Morgan fingerprint density at radius 3 is 2.32 bits per heavy atom. The van der Waals surface area contributed by atoms with Gasteiger partial charge >= 0.3 is 0 Å². The summed E-state index contributed by atoms with van der Waals surface area (Å²) < 4.78 is 2.23. The predicted molar refractivity (Wildman–Crippen MR) is 92.0 cm³/mol. The van der Waals surface area contributed by atoms with Crippen LogP contribution in [-0.2, 0) is 6.54 Å². The fourth-order valence-corrected chi connectivity index (χ4v) is 2.80. The molecule has 1 heterocycles. The first kappa shape index (κ1) is 14.8. The summed E-state index contributed by atoms with van der Waals surface area (Å²) in [4.78, 5) is 4.69. The number of fused-ring (bicyclic) bond motifs is 1. The second-order valence-corrected chi connectivity index (χ2v) is 6.23. The van der Waals surface area contributed by atoms with Gasteiger partial charge in [-0.1, -0.05) is 50.2 Å². The van der Waals surface area contributed by atoms with Crippen molar-refractivity contribution in [1.29, 1.82) is 0 Å². The zero-order chi connectivity index (χ0) is 15.7. The third kappa shape index (κ3) is 2.77. The fraction of sp³-hybridized carbons (Fsp3) is 0.316. The van der Waals surface area contributed by atoms with Crippen molar-refractivity contribution in [2.45, 2.75) is 39.3 Å². The molecule has 0 saturated carbocycles. The molecule has 3 heteroatoms. The van der Waals surface area contributed by atoms with Gasteiger partial charge in [-0.25, -0.2) is 4.98 Å². The molecule has 3 aromatic rings. The molecule has 0 aliphatic rings. The molecule has 3 rings (SSSR count). The Hall–Kier alpha value is -2.13. The van der Waals surface area contributed by atoms with Gasteiger partial charge in [-0.3, -0.25) is 0 Å². The molecule has 0 amide bonds. The Balaban J connectivity index is 2.00. The summed E-state index contributed by atoms with van der Waals surface area (Å²) in [6, 6.07) is 17.0.